The van der Waals surface area contributed by atoms with Crippen LogP contribution in [0, 0.1) is 5.82 Å². The second kappa shape index (κ2) is 8.67. The van der Waals surface area contributed by atoms with Crippen molar-refractivity contribution in [3.63, 3.8) is 0 Å². The number of alkyl halides is 2. The number of ether oxygens (including phenoxy) is 1. The molecule has 0 fully saturated rings. The zero-order valence-electron chi connectivity index (χ0n) is 15.2. The Bertz CT molecular complexity index is 933. The van der Waals surface area contributed by atoms with Gasteiger partial charge in [-0.1, -0.05) is 35.3 Å². The zero-order valence-corrected chi connectivity index (χ0v) is 16.7. The Kier molecular flexibility index (Phi) is 6.44. The lowest BCUT2D eigenvalue weighted by Crippen LogP contribution is -2.11. The first-order valence-electron chi connectivity index (χ1n) is 8.82. The standard InChI is InChI=1S/C21H17Cl2F3O3/c22-17-7-12(1-6-19(27)28)8-18(23)20(17)29-11-14-9-21(25,26)10-16(14)13-2-4-15(24)5-3-13/h2-5,7-8H,1,6,9-11H2,(H,27,28). The van der Waals surface area contributed by atoms with Crippen molar-refractivity contribution < 1.29 is 27.8 Å². The molecular weight excluding hydrogens is 428 g/mol. The molecule has 0 amide bonds. The average Bonchev–Trinajstić information content (AvgIpc) is 2.94. The van der Waals surface area contributed by atoms with Gasteiger partial charge in [0.2, 0.25) is 0 Å². The van der Waals surface area contributed by atoms with Crippen LogP contribution in [0.15, 0.2) is 42.0 Å². The van der Waals surface area contributed by atoms with Crippen LogP contribution in [-0.4, -0.2) is 23.6 Å². The molecule has 0 bridgehead atoms. The Morgan fingerprint density at radius 1 is 1.10 bits per heavy atom. The number of hydrogen-bond acceptors (Lipinski definition) is 2. The summed E-state index contributed by atoms with van der Waals surface area (Å²) in [6.07, 6.45) is -0.741. The normalized spacial score (nSPS) is 15.6. The summed E-state index contributed by atoms with van der Waals surface area (Å²) >= 11 is 12.4. The molecule has 1 N–H and O–H groups in total. The molecule has 2 aromatic rings. The fourth-order valence-electron chi connectivity index (χ4n) is 3.27. The van der Waals surface area contributed by atoms with Crippen molar-refractivity contribution in [2.45, 2.75) is 31.6 Å². The third kappa shape index (κ3) is 5.46. The Balaban J connectivity index is 1.80. The van der Waals surface area contributed by atoms with Gasteiger partial charge in [0.25, 0.3) is 5.92 Å². The minimum atomic E-state index is -2.91. The summed E-state index contributed by atoms with van der Waals surface area (Å²) in [4.78, 5) is 10.7. The molecule has 0 heterocycles. The predicted octanol–water partition coefficient (Wildman–Crippen LogP) is 6.41. The molecular formula is C21H17Cl2F3O3. The molecule has 0 atom stereocenters. The molecule has 29 heavy (non-hydrogen) atoms. The molecule has 0 aliphatic heterocycles. The molecule has 0 spiro atoms. The van der Waals surface area contributed by atoms with Crippen LogP contribution in [0.5, 0.6) is 5.75 Å². The molecule has 0 unspecified atom stereocenters. The highest BCUT2D eigenvalue weighted by Crippen LogP contribution is 2.44. The summed E-state index contributed by atoms with van der Waals surface area (Å²) < 4.78 is 46.9. The van der Waals surface area contributed by atoms with E-state index in [0.29, 0.717) is 22.3 Å². The molecule has 3 nitrogen and oxygen atoms in total. The van der Waals surface area contributed by atoms with Crippen molar-refractivity contribution in [3.05, 3.63) is 69.0 Å². The first kappa shape index (κ1) is 21.5. The maximum atomic E-state index is 14.0. The molecule has 3 rings (SSSR count). The largest absolute Gasteiger partial charge is 0.486 e. The molecule has 1 aliphatic rings. The fraction of sp³-hybridized carbons (Fsp3) is 0.286. The van der Waals surface area contributed by atoms with Gasteiger partial charge >= 0.3 is 5.97 Å². The van der Waals surface area contributed by atoms with E-state index < -0.39 is 30.6 Å². The van der Waals surface area contributed by atoms with Crippen molar-refractivity contribution in [1.29, 1.82) is 0 Å². The monoisotopic (exact) mass is 444 g/mol. The third-order valence-corrected chi connectivity index (χ3v) is 5.16. The third-order valence-electron chi connectivity index (χ3n) is 4.60. The van der Waals surface area contributed by atoms with E-state index in [-0.39, 0.29) is 35.2 Å². The lowest BCUT2D eigenvalue weighted by molar-refractivity contribution is -0.136. The van der Waals surface area contributed by atoms with E-state index in [2.05, 4.69) is 0 Å². The molecule has 0 aromatic heterocycles. The van der Waals surface area contributed by atoms with Gasteiger partial charge in [-0.25, -0.2) is 13.2 Å². The minimum Gasteiger partial charge on any atom is -0.486 e. The van der Waals surface area contributed by atoms with E-state index in [1.165, 1.54) is 24.3 Å². The predicted molar refractivity (Wildman–Crippen MR) is 105 cm³/mol. The molecule has 0 saturated heterocycles. The van der Waals surface area contributed by atoms with Gasteiger partial charge in [0.05, 0.1) is 10.0 Å². The van der Waals surface area contributed by atoms with Gasteiger partial charge in [0.15, 0.2) is 5.75 Å². The number of carboxylic acids is 1. The van der Waals surface area contributed by atoms with Gasteiger partial charge in [-0.05, 0) is 53.0 Å². The molecule has 154 valence electrons. The number of carbonyl (C=O) groups is 1. The Labute approximate surface area is 175 Å². The maximum absolute atomic E-state index is 14.0. The van der Waals surface area contributed by atoms with E-state index in [0.717, 1.165) is 0 Å². The van der Waals surface area contributed by atoms with Gasteiger partial charge in [-0.2, -0.15) is 0 Å². The van der Waals surface area contributed by atoms with Crippen LogP contribution in [0.25, 0.3) is 5.57 Å². The number of aliphatic carboxylic acids is 1. The van der Waals surface area contributed by atoms with Crippen molar-refractivity contribution in [1.82, 2.24) is 0 Å². The van der Waals surface area contributed by atoms with E-state index >= 15 is 0 Å². The lowest BCUT2D eigenvalue weighted by Gasteiger charge is -2.14. The summed E-state index contributed by atoms with van der Waals surface area (Å²) in [6.45, 7) is -0.143. The first-order chi connectivity index (χ1) is 13.6. The van der Waals surface area contributed by atoms with Crippen molar-refractivity contribution in [2.24, 2.45) is 0 Å². The number of halogens is 5. The molecule has 0 radical (unpaired) electrons. The highest BCUT2D eigenvalue weighted by atomic mass is 35.5. The number of carboxylic acid groups (broad SMARTS) is 1. The summed E-state index contributed by atoms with van der Waals surface area (Å²) in [7, 11) is 0. The number of rotatable bonds is 7. The van der Waals surface area contributed by atoms with Gasteiger partial charge in [-0.15, -0.1) is 0 Å². The van der Waals surface area contributed by atoms with Gasteiger partial charge in [0, 0.05) is 19.3 Å². The number of benzene rings is 2. The Morgan fingerprint density at radius 3 is 2.31 bits per heavy atom. The summed E-state index contributed by atoms with van der Waals surface area (Å²) in [5.41, 5.74) is 1.96. The van der Waals surface area contributed by atoms with Crippen LogP contribution in [-0.2, 0) is 11.2 Å². The van der Waals surface area contributed by atoms with Crippen molar-refractivity contribution in [3.8, 4) is 5.75 Å². The molecule has 8 heteroatoms. The van der Waals surface area contributed by atoms with Crippen molar-refractivity contribution in [2.75, 3.05) is 6.61 Å². The van der Waals surface area contributed by atoms with Crippen LogP contribution in [0.3, 0.4) is 0 Å². The first-order valence-corrected chi connectivity index (χ1v) is 9.57. The fourth-order valence-corrected chi connectivity index (χ4v) is 3.91. The van der Waals surface area contributed by atoms with E-state index in [1.54, 1.807) is 12.1 Å². The van der Waals surface area contributed by atoms with E-state index in [4.69, 9.17) is 33.0 Å². The van der Waals surface area contributed by atoms with E-state index in [1.807, 2.05) is 0 Å². The van der Waals surface area contributed by atoms with Crippen LogP contribution in [0.4, 0.5) is 13.2 Å². The van der Waals surface area contributed by atoms with Gasteiger partial charge in [-0.3, -0.25) is 4.79 Å². The molecule has 2 aromatic carbocycles. The SMILES string of the molecule is O=C(O)CCc1cc(Cl)c(OCC2=C(c3ccc(F)cc3)CC(F)(F)C2)c(Cl)c1. The van der Waals surface area contributed by atoms with Crippen LogP contribution < -0.4 is 4.74 Å². The molecule has 1 aliphatic carbocycles. The topological polar surface area (TPSA) is 46.5 Å². The van der Waals surface area contributed by atoms with Crippen LogP contribution in [0.2, 0.25) is 10.0 Å². The Hall–Kier alpha value is -2.18. The maximum Gasteiger partial charge on any atom is 0.303 e. The molecule has 0 saturated carbocycles. The second-order valence-corrected chi connectivity index (χ2v) is 7.68. The van der Waals surface area contributed by atoms with E-state index in [9.17, 15) is 18.0 Å². The quantitative estimate of drug-likeness (QED) is 0.536. The highest BCUT2D eigenvalue weighted by molar-refractivity contribution is 6.37. The summed E-state index contributed by atoms with van der Waals surface area (Å²) in [6, 6.07) is 8.46. The number of aryl methyl sites for hydroxylation is 1. The number of hydrogen-bond donors (Lipinski definition) is 1. The average molecular weight is 445 g/mol. The summed E-state index contributed by atoms with van der Waals surface area (Å²) in [5, 5.41) is 9.12. The van der Waals surface area contributed by atoms with Crippen molar-refractivity contribution >= 4 is 34.7 Å². The van der Waals surface area contributed by atoms with Crippen LogP contribution >= 0.6 is 23.2 Å². The lowest BCUT2D eigenvalue weighted by atomic mass is 10.0. The highest BCUT2D eigenvalue weighted by Gasteiger charge is 2.39. The summed E-state index contributed by atoms with van der Waals surface area (Å²) in [5.74, 6) is -4.15. The Morgan fingerprint density at radius 2 is 1.72 bits per heavy atom. The van der Waals surface area contributed by atoms with Gasteiger partial charge < -0.3 is 9.84 Å². The smallest absolute Gasteiger partial charge is 0.303 e. The second-order valence-electron chi connectivity index (χ2n) is 6.87. The van der Waals surface area contributed by atoms with Crippen LogP contribution in [0.1, 0.15) is 30.4 Å². The zero-order chi connectivity index (χ0) is 21.2. The van der Waals surface area contributed by atoms with Gasteiger partial charge in [0.1, 0.15) is 12.4 Å². The minimum absolute atomic E-state index is 0.0736. The number of allylic oxidation sites excluding steroid dienone is 1.